The molecule has 23 heavy (non-hydrogen) atoms. The summed E-state index contributed by atoms with van der Waals surface area (Å²) >= 11 is 5.91. The van der Waals surface area contributed by atoms with Crippen molar-refractivity contribution in [1.82, 2.24) is 9.80 Å². The van der Waals surface area contributed by atoms with Crippen LogP contribution in [0.5, 0.6) is 0 Å². The number of halogens is 1. The van der Waals surface area contributed by atoms with Gasteiger partial charge in [-0.15, -0.1) is 0 Å². The molecule has 1 amide bonds. The highest BCUT2D eigenvalue weighted by Crippen LogP contribution is 2.20. The van der Waals surface area contributed by atoms with Gasteiger partial charge < -0.3 is 14.2 Å². The summed E-state index contributed by atoms with van der Waals surface area (Å²) in [5.74, 6) is -0.133. The van der Waals surface area contributed by atoms with Crippen LogP contribution in [0.3, 0.4) is 0 Å². The largest absolute Gasteiger partial charge is 0.451 e. The Kier molecular flexibility index (Phi) is 4.41. The van der Waals surface area contributed by atoms with Gasteiger partial charge in [0.05, 0.1) is 5.39 Å². The standard InChI is InChI=1S/C17H19ClN2O3/c1-3-12-10-19(2)6-7-20(12)17(22)16-9-14(21)13-8-11(18)4-5-15(13)23-16/h4-5,8-9,12H,3,6-7,10H2,1-2H3. The Morgan fingerprint density at radius 3 is 2.87 bits per heavy atom. The minimum Gasteiger partial charge on any atom is -0.451 e. The van der Waals surface area contributed by atoms with Crippen LogP contribution in [-0.4, -0.2) is 48.4 Å². The zero-order valence-corrected chi connectivity index (χ0v) is 14.0. The van der Waals surface area contributed by atoms with E-state index in [2.05, 4.69) is 11.8 Å². The normalized spacial score (nSPS) is 19.3. The quantitative estimate of drug-likeness (QED) is 0.847. The molecule has 1 aromatic heterocycles. The fourth-order valence-corrected chi connectivity index (χ4v) is 3.18. The number of hydrogen-bond acceptors (Lipinski definition) is 4. The summed E-state index contributed by atoms with van der Waals surface area (Å²) in [6.45, 7) is 4.34. The Morgan fingerprint density at radius 2 is 2.13 bits per heavy atom. The van der Waals surface area contributed by atoms with Gasteiger partial charge in [-0.25, -0.2) is 0 Å². The number of carbonyl (C=O) groups excluding carboxylic acids is 1. The minimum absolute atomic E-state index is 0.0906. The lowest BCUT2D eigenvalue weighted by atomic mass is 10.1. The molecule has 5 nitrogen and oxygen atoms in total. The second-order valence-corrected chi connectivity index (χ2v) is 6.37. The van der Waals surface area contributed by atoms with Crippen molar-refractivity contribution in [1.29, 1.82) is 0 Å². The first-order valence-corrected chi connectivity index (χ1v) is 8.10. The number of likely N-dealkylation sites (N-methyl/N-ethyl adjacent to an activating group) is 1. The zero-order chi connectivity index (χ0) is 16.6. The van der Waals surface area contributed by atoms with E-state index in [1.54, 1.807) is 23.1 Å². The van der Waals surface area contributed by atoms with Gasteiger partial charge in [-0.05, 0) is 31.7 Å². The van der Waals surface area contributed by atoms with E-state index >= 15 is 0 Å². The van der Waals surface area contributed by atoms with E-state index in [0.29, 0.717) is 22.5 Å². The average molecular weight is 335 g/mol. The van der Waals surface area contributed by atoms with E-state index in [1.807, 2.05) is 7.05 Å². The summed E-state index contributed by atoms with van der Waals surface area (Å²) in [5.41, 5.74) is 0.131. The van der Waals surface area contributed by atoms with Crippen LogP contribution < -0.4 is 5.43 Å². The molecule has 1 unspecified atom stereocenters. The highest BCUT2D eigenvalue weighted by atomic mass is 35.5. The number of amides is 1. The molecular formula is C17H19ClN2O3. The second kappa shape index (κ2) is 6.34. The molecule has 0 aliphatic carbocycles. The first-order chi connectivity index (χ1) is 11.0. The van der Waals surface area contributed by atoms with Crippen molar-refractivity contribution in [3.63, 3.8) is 0 Å². The molecule has 1 saturated heterocycles. The molecule has 122 valence electrons. The smallest absolute Gasteiger partial charge is 0.290 e. The molecule has 1 aliphatic heterocycles. The predicted molar refractivity (Wildman–Crippen MR) is 90.1 cm³/mol. The summed E-state index contributed by atoms with van der Waals surface area (Å²) in [7, 11) is 2.05. The molecule has 0 radical (unpaired) electrons. The third kappa shape index (κ3) is 3.12. The van der Waals surface area contributed by atoms with Crippen molar-refractivity contribution in [3.05, 3.63) is 45.3 Å². The van der Waals surface area contributed by atoms with E-state index in [-0.39, 0.29) is 23.1 Å². The van der Waals surface area contributed by atoms with Crippen LogP contribution >= 0.6 is 11.6 Å². The number of rotatable bonds is 2. The number of nitrogens with zero attached hydrogens (tertiary/aromatic N) is 2. The van der Waals surface area contributed by atoms with E-state index < -0.39 is 0 Å². The third-order valence-electron chi connectivity index (χ3n) is 4.32. The molecule has 0 spiro atoms. The van der Waals surface area contributed by atoms with Crippen LogP contribution in [-0.2, 0) is 0 Å². The van der Waals surface area contributed by atoms with Crippen LogP contribution in [0, 0.1) is 0 Å². The van der Waals surface area contributed by atoms with Crippen molar-refractivity contribution < 1.29 is 9.21 Å². The molecule has 0 bridgehead atoms. The van der Waals surface area contributed by atoms with Crippen LogP contribution in [0.1, 0.15) is 23.9 Å². The van der Waals surface area contributed by atoms with Gasteiger partial charge in [0.1, 0.15) is 5.58 Å². The van der Waals surface area contributed by atoms with Gasteiger partial charge in [-0.2, -0.15) is 0 Å². The summed E-state index contributed by atoms with van der Waals surface area (Å²) < 4.78 is 5.67. The minimum atomic E-state index is -0.251. The monoisotopic (exact) mass is 334 g/mol. The Labute approximate surface area is 139 Å². The van der Waals surface area contributed by atoms with Gasteiger partial charge in [0.2, 0.25) is 0 Å². The molecule has 3 rings (SSSR count). The third-order valence-corrected chi connectivity index (χ3v) is 4.55. The molecular weight excluding hydrogens is 316 g/mol. The van der Waals surface area contributed by atoms with Crippen molar-refractivity contribution in [2.75, 3.05) is 26.7 Å². The summed E-state index contributed by atoms with van der Waals surface area (Å²) in [5, 5.41) is 0.855. The van der Waals surface area contributed by atoms with Crippen molar-refractivity contribution in [2.45, 2.75) is 19.4 Å². The van der Waals surface area contributed by atoms with Crippen LogP contribution in [0.2, 0.25) is 5.02 Å². The number of benzene rings is 1. The van der Waals surface area contributed by atoms with Crippen molar-refractivity contribution in [2.24, 2.45) is 0 Å². The summed E-state index contributed by atoms with van der Waals surface area (Å²) in [4.78, 5) is 29.0. The molecule has 1 atom stereocenters. The highest BCUT2D eigenvalue weighted by molar-refractivity contribution is 6.31. The Hall–Kier alpha value is -1.85. The maximum Gasteiger partial charge on any atom is 0.290 e. The van der Waals surface area contributed by atoms with E-state index in [1.165, 1.54) is 6.07 Å². The van der Waals surface area contributed by atoms with E-state index in [4.69, 9.17) is 16.0 Å². The van der Waals surface area contributed by atoms with Gasteiger partial charge >= 0.3 is 0 Å². The first kappa shape index (κ1) is 16.0. The van der Waals surface area contributed by atoms with Gasteiger partial charge in [0.15, 0.2) is 11.2 Å². The van der Waals surface area contributed by atoms with Crippen molar-refractivity contribution in [3.8, 4) is 0 Å². The zero-order valence-electron chi connectivity index (χ0n) is 13.2. The Balaban J connectivity index is 1.97. The predicted octanol–water partition coefficient (Wildman–Crippen LogP) is 2.61. The van der Waals surface area contributed by atoms with Gasteiger partial charge in [-0.1, -0.05) is 18.5 Å². The van der Waals surface area contributed by atoms with Crippen molar-refractivity contribution >= 4 is 28.5 Å². The molecule has 2 heterocycles. The van der Waals surface area contributed by atoms with Gasteiger partial charge in [-0.3, -0.25) is 9.59 Å². The maximum atomic E-state index is 12.8. The molecule has 2 aromatic rings. The van der Waals surface area contributed by atoms with Gasteiger partial charge in [0.25, 0.3) is 5.91 Å². The van der Waals surface area contributed by atoms with Crippen LogP contribution in [0.25, 0.3) is 11.0 Å². The van der Waals surface area contributed by atoms with Crippen LogP contribution in [0.4, 0.5) is 0 Å². The van der Waals surface area contributed by atoms with Gasteiger partial charge in [0, 0.05) is 36.8 Å². The lowest BCUT2D eigenvalue weighted by molar-refractivity contribution is 0.0464. The average Bonchev–Trinajstić information content (AvgIpc) is 2.54. The summed E-state index contributed by atoms with van der Waals surface area (Å²) in [6.07, 6.45) is 0.865. The molecule has 0 N–H and O–H groups in total. The number of carbonyl (C=O) groups is 1. The fourth-order valence-electron chi connectivity index (χ4n) is 3.00. The van der Waals surface area contributed by atoms with E-state index in [0.717, 1.165) is 19.5 Å². The summed E-state index contributed by atoms with van der Waals surface area (Å²) in [6, 6.07) is 6.23. The fraction of sp³-hybridized carbons (Fsp3) is 0.412. The van der Waals surface area contributed by atoms with Crippen LogP contribution in [0.15, 0.2) is 33.5 Å². The topological polar surface area (TPSA) is 53.8 Å². The SMILES string of the molecule is CCC1CN(C)CCN1C(=O)c1cc(=O)c2cc(Cl)ccc2o1. The lowest BCUT2D eigenvalue weighted by Gasteiger charge is -2.39. The number of piperazine rings is 1. The highest BCUT2D eigenvalue weighted by Gasteiger charge is 2.30. The first-order valence-electron chi connectivity index (χ1n) is 7.72. The maximum absolute atomic E-state index is 12.8. The number of fused-ring (bicyclic) bond motifs is 1. The lowest BCUT2D eigenvalue weighted by Crippen LogP contribution is -2.53. The molecule has 1 aromatic carbocycles. The second-order valence-electron chi connectivity index (χ2n) is 5.94. The molecule has 6 heteroatoms. The van der Waals surface area contributed by atoms with E-state index in [9.17, 15) is 9.59 Å². The molecule has 1 fully saturated rings. The Bertz CT molecular complexity index is 802. The molecule has 1 aliphatic rings. The Morgan fingerprint density at radius 1 is 1.35 bits per heavy atom. The number of hydrogen-bond donors (Lipinski definition) is 0. The molecule has 0 saturated carbocycles.